The molecule has 1 atom stereocenters. The molecule has 1 aliphatic rings. The van der Waals surface area contributed by atoms with Crippen LogP contribution in [-0.2, 0) is 4.79 Å². The van der Waals surface area contributed by atoms with Crippen molar-refractivity contribution in [2.45, 2.75) is 12.5 Å². The summed E-state index contributed by atoms with van der Waals surface area (Å²) < 4.78 is 0. The van der Waals surface area contributed by atoms with Crippen molar-refractivity contribution in [1.29, 1.82) is 0 Å². The molecule has 3 rings (SSSR count). The highest BCUT2D eigenvalue weighted by Gasteiger charge is 2.32. The summed E-state index contributed by atoms with van der Waals surface area (Å²) in [5.74, 6) is -0.979. The van der Waals surface area contributed by atoms with Crippen LogP contribution in [-0.4, -0.2) is 16.8 Å². The summed E-state index contributed by atoms with van der Waals surface area (Å²) in [5, 5.41) is 15.9. The molecule has 1 unspecified atom stereocenters. The van der Waals surface area contributed by atoms with E-state index in [0.717, 1.165) is 11.3 Å². The third-order valence-electron chi connectivity index (χ3n) is 3.43. The van der Waals surface area contributed by atoms with Gasteiger partial charge in [0.1, 0.15) is 5.71 Å². The number of hydrazone groups is 1. The number of nitrogens with zero attached hydrogens (tertiary/aromatic N) is 2. The van der Waals surface area contributed by atoms with E-state index in [4.69, 9.17) is 11.6 Å². The molecule has 5 heteroatoms. The van der Waals surface area contributed by atoms with Gasteiger partial charge in [0.2, 0.25) is 0 Å². The predicted octanol–water partition coefficient (Wildman–Crippen LogP) is 3.73. The number of halogens is 1. The Balaban J connectivity index is 1.99. The summed E-state index contributed by atoms with van der Waals surface area (Å²) in [6.07, 6.45) is 0.367. The second-order valence-corrected chi connectivity index (χ2v) is 5.24. The molecule has 0 saturated carbocycles. The Morgan fingerprint density at radius 1 is 1.14 bits per heavy atom. The highest BCUT2D eigenvalue weighted by Crippen LogP contribution is 2.35. The van der Waals surface area contributed by atoms with Crippen LogP contribution in [0.5, 0.6) is 0 Å². The van der Waals surface area contributed by atoms with E-state index in [-0.39, 0.29) is 11.8 Å². The number of hydrogen-bond acceptors (Lipinski definition) is 3. The van der Waals surface area contributed by atoms with Gasteiger partial charge in [0.25, 0.3) is 0 Å². The standard InChI is InChI=1S/C16H13ClN2O2/c17-12-8-6-11(7-9-12)15-10-14(16(20)21)18-19(15)13-4-2-1-3-5-13/h1-9,15H,10H2,(H,20,21). The average molecular weight is 301 g/mol. The first-order valence-electron chi connectivity index (χ1n) is 6.55. The van der Waals surface area contributed by atoms with Crippen LogP contribution >= 0.6 is 11.6 Å². The molecule has 0 saturated heterocycles. The Kier molecular flexibility index (Phi) is 3.62. The average Bonchev–Trinajstić information content (AvgIpc) is 2.94. The molecule has 106 valence electrons. The van der Waals surface area contributed by atoms with Crippen molar-refractivity contribution in [3.63, 3.8) is 0 Å². The fourth-order valence-electron chi connectivity index (χ4n) is 2.40. The first kappa shape index (κ1) is 13.6. The molecule has 1 aliphatic heterocycles. The number of carboxylic acid groups (broad SMARTS) is 1. The molecule has 2 aromatic rings. The minimum atomic E-state index is -0.979. The molecule has 0 amide bonds. The van der Waals surface area contributed by atoms with Crippen molar-refractivity contribution in [3.8, 4) is 0 Å². The zero-order chi connectivity index (χ0) is 14.8. The number of carbonyl (C=O) groups is 1. The molecule has 4 nitrogen and oxygen atoms in total. The first-order valence-corrected chi connectivity index (χ1v) is 6.93. The van der Waals surface area contributed by atoms with E-state index in [1.165, 1.54) is 0 Å². The van der Waals surface area contributed by atoms with Gasteiger partial charge in [-0.1, -0.05) is 41.9 Å². The van der Waals surface area contributed by atoms with E-state index in [2.05, 4.69) is 5.10 Å². The normalized spacial score (nSPS) is 17.7. The maximum Gasteiger partial charge on any atom is 0.352 e. The van der Waals surface area contributed by atoms with Gasteiger partial charge >= 0.3 is 5.97 Å². The molecule has 0 fully saturated rings. The minimum Gasteiger partial charge on any atom is -0.477 e. The number of anilines is 1. The van der Waals surface area contributed by atoms with Gasteiger partial charge in [-0.25, -0.2) is 4.79 Å². The van der Waals surface area contributed by atoms with Gasteiger partial charge in [0.05, 0.1) is 11.7 Å². The van der Waals surface area contributed by atoms with E-state index in [9.17, 15) is 9.90 Å². The van der Waals surface area contributed by atoms with Crippen LogP contribution in [0.15, 0.2) is 59.7 Å². The number of hydrogen-bond donors (Lipinski definition) is 1. The van der Waals surface area contributed by atoms with Gasteiger partial charge < -0.3 is 5.11 Å². The Morgan fingerprint density at radius 3 is 2.43 bits per heavy atom. The number of benzene rings is 2. The SMILES string of the molecule is O=C(O)C1=NN(c2ccccc2)C(c2ccc(Cl)cc2)C1. The monoisotopic (exact) mass is 300 g/mol. The van der Waals surface area contributed by atoms with Crippen LogP contribution < -0.4 is 5.01 Å². The molecule has 2 aromatic carbocycles. The van der Waals surface area contributed by atoms with E-state index >= 15 is 0 Å². The van der Waals surface area contributed by atoms with Crippen molar-refractivity contribution >= 4 is 29.0 Å². The lowest BCUT2D eigenvalue weighted by Gasteiger charge is -2.23. The molecule has 0 radical (unpaired) electrons. The van der Waals surface area contributed by atoms with Crippen LogP contribution in [0, 0.1) is 0 Å². The lowest BCUT2D eigenvalue weighted by molar-refractivity contribution is -0.129. The zero-order valence-corrected chi connectivity index (χ0v) is 11.9. The minimum absolute atomic E-state index is 0.129. The second kappa shape index (κ2) is 5.58. The molecular formula is C16H13ClN2O2. The van der Waals surface area contributed by atoms with Crippen LogP contribution in [0.25, 0.3) is 0 Å². The lowest BCUT2D eigenvalue weighted by Crippen LogP contribution is -2.18. The largest absolute Gasteiger partial charge is 0.477 e. The third-order valence-corrected chi connectivity index (χ3v) is 3.68. The molecule has 0 bridgehead atoms. The van der Waals surface area contributed by atoms with Gasteiger partial charge in [-0.05, 0) is 29.8 Å². The molecular weight excluding hydrogens is 288 g/mol. The van der Waals surface area contributed by atoms with E-state index in [1.807, 2.05) is 42.5 Å². The van der Waals surface area contributed by atoms with Crippen molar-refractivity contribution < 1.29 is 9.90 Å². The van der Waals surface area contributed by atoms with Gasteiger partial charge in [0.15, 0.2) is 0 Å². The van der Waals surface area contributed by atoms with E-state index in [0.29, 0.717) is 11.4 Å². The molecule has 1 N–H and O–H groups in total. The van der Waals surface area contributed by atoms with Crippen LogP contribution in [0.2, 0.25) is 5.02 Å². The number of carboxylic acids is 1. The van der Waals surface area contributed by atoms with E-state index < -0.39 is 5.97 Å². The fraction of sp³-hybridized carbons (Fsp3) is 0.125. The van der Waals surface area contributed by atoms with Crippen molar-refractivity contribution in [2.24, 2.45) is 5.10 Å². The molecule has 21 heavy (non-hydrogen) atoms. The number of para-hydroxylation sites is 1. The Labute approximate surface area is 127 Å². The van der Waals surface area contributed by atoms with Gasteiger partial charge in [-0.15, -0.1) is 0 Å². The first-order chi connectivity index (χ1) is 10.1. The summed E-state index contributed by atoms with van der Waals surface area (Å²) in [6, 6.07) is 16.8. The Morgan fingerprint density at radius 2 is 1.81 bits per heavy atom. The highest BCUT2D eigenvalue weighted by molar-refractivity contribution is 6.36. The lowest BCUT2D eigenvalue weighted by atomic mass is 10.0. The Hall–Kier alpha value is -2.33. The summed E-state index contributed by atoms with van der Waals surface area (Å²) in [7, 11) is 0. The Bertz CT molecular complexity index is 683. The predicted molar refractivity (Wildman–Crippen MR) is 82.8 cm³/mol. The highest BCUT2D eigenvalue weighted by atomic mass is 35.5. The van der Waals surface area contributed by atoms with Crippen LogP contribution in [0.3, 0.4) is 0 Å². The quantitative estimate of drug-likeness (QED) is 0.939. The van der Waals surface area contributed by atoms with Gasteiger partial charge in [-0.3, -0.25) is 5.01 Å². The van der Waals surface area contributed by atoms with E-state index in [1.54, 1.807) is 17.1 Å². The number of rotatable bonds is 3. The zero-order valence-electron chi connectivity index (χ0n) is 11.1. The summed E-state index contributed by atoms with van der Waals surface area (Å²) in [4.78, 5) is 11.2. The molecule has 0 aliphatic carbocycles. The smallest absolute Gasteiger partial charge is 0.352 e. The topological polar surface area (TPSA) is 52.9 Å². The van der Waals surface area contributed by atoms with Crippen molar-refractivity contribution in [3.05, 3.63) is 65.2 Å². The second-order valence-electron chi connectivity index (χ2n) is 4.80. The third kappa shape index (κ3) is 2.76. The van der Waals surface area contributed by atoms with Crippen LogP contribution in [0.4, 0.5) is 5.69 Å². The molecule has 0 aromatic heterocycles. The van der Waals surface area contributed by atoms with Crippen LogP contribution in [0.1, 0.15) is 18.0 Å². The fourth-order valence-corrected chi connectivity index (χ4v) is 2.53. The maximum atomic E-state index is 11.2. The van der Waals surface area contributed by atoms with Crippen molar-refractivity contribution in [1.82, 2.24) is 0 Å². The van der Waals surface area contributed by atoms with Crippen molar-refractivity contribution in [2.75, 3.05) is 5.01 Å². The maximum absolute atomic E-state index is 11.2. The summed E-state index contributed by atoms with van der Waals surface area (Å²) >= 11 is 5.91. The van der Waals surface area contributed by atoms with Gasteiger partial charge in [-0.2, -0.15) is 5.10 Å². The summed E-state index contributed by atoms with van der Waals surface area (Å²) in [5.41, 5.74) is 2.02. The molecule has 0 spiro atoms. The van der Waals surface area contributed by atoms with Gasteiger partial charge in [0, 0.05) is 11.4 Å². The summed E-state index contributed by atoms with van der Waals surface area (Å²) in [6.45, 7) is 0. The molecule has 1 heterocycles. The number of aliphatic carboxylic acids is 1.